The minimum absolute atomic E-state index is 0.0905. The molecule has 6 heteroatoms. The number of hydrogen-bond acceptors (Lipinski definition) is 3. The summed E-state index contributed by atoms with van der Waals surface area (Å²) in [6.07, 6.45) is -0.149. The van der Waals surface area contributed by atoms with E-state index in [1.807, 2.05) is 0 Å². The molecule has 0 aliphatic carbocycles. The van der Waals surface area contributed by atoms with Gasteiger partial charge in [0.15, 0.2) is 6.61 Å². The lowest BCUT2D eigenvalue weighted by atomic mass is 10.1. The molecule has 0 aromatic heterocycles. The van der Waals surface area contributed by atoms with E-state index in [4.69, 9.17) is 21.1 Å². The molecule has 0 bridgehead atoms. The van der Waals surface area contributed by atoms with Crippen LogP contribution in [0.15, 0.2) is 48.5 Å². The van der Waals surface area contributed by atoms with E-state index in [9.17, 15) is 13.6 Å². The van der Waals surface area contributed by atoms with Gasteiger partial charge in [-0.15, -0.1) is 0 Å². The molecule has 0 saturated carbocycles. The predicted molar refractivity (Wildman–Crippen MR) is 88.2 cm³/mol. The summed E-state index contributed by atoms with van der Waals surface area (Å²) < 4.78 is 39.0. The van der Waals surface area contributed by atoms with Crippen molar-refractivity contribution in [3.63, 3.8) is 0 Å². The highest BCUT2D eigenvalue weighted by Gasteiger charge is 2.32. The Morgan fingerprint density at radius 3 is 2.33 bits per heavy atom. The maximum atomic E-state index is 14.2. The second-order valence-electron chi connectivity index (χ2n) is 5.49. The van der Waals surface area contributed by atoms with E-state index >= 15 is 0 Å². The first-order valence-corrected chi connectivity index (χ1v) is 7.73. The molecule has 2 aromatic carbocycles. The standard InChI is InChI=1S/C18H17ClF2O3/c1-12(2)24-16-9-13(17(19)22)8-15(10-16)23-11-18(20,21)14-6-4-3-5-7-14/h3-10,12H,11H2,1-2H3. The van der Waals surface area contributed by atoms with Gasteiger partial charge in [-0.05, 0) is 37.6 Å². The van der Waals surface area contributed by atoms with Crippen LogP contribution in [0.1, 0.15) is 29.8 Å². The summed E-state index contributed by atoms with van der Waals surface area (Å²) in [4.78, 5) is 11.4. The largest absolute Gasteiger partial charge is 0.491 e. The van der Waals surface area contributed by atoms with E-state index in [-0.39, 0.29) is 23.0 Å². The van der Waals surface area contributed by atoms with Gasteiger partial charge in [-0.1, -0.05) is 30.3 Å². The van der Waals surface area contributed by atoms with Crippen LogP contribution in [0.3, 0.4) is 0 Å². The zero-order chi connectivity index (χ0) is 17.7. The molecule has 0 radical (unpaired) electrons. The van der Waals surface area contributed by atoms with Crippen LogP contribution in [0.5, 0.6) is 11.5 Å². The lowest BCUT2D eigenvalue weighted by Crippen LogP contribution is -2.23. The number of halogens is 3. The van der Waals surface area contributed by atoms with Gasteiger partial charge >= 0.3 is 5.92 Å². The zero-order valence-electron chi connectivity index (χ0n) is 13.3. The number of rotatable bonds is 7. The van der Waals surface area contributed by atoms with Crippen LogP contribution in [0.25, 0.3) is 0 Å². The SMILES string of the molecule is CC(C)Oc1cc(OCC(F)(F)c2ccccc2)cc(C(=O)Cl)c1. The molecule has 128 valence electrons. The van der Waals surface area contributed by atoms with Gasteiger partial charge in [0.2, 0.25) is 0 Å². The van der Waals surface area contributed by atoms with Crippen molar-refractivity contribution < 1.29 is 23.0 Å². The Balaban J connectivity index is 2.19. The van der Waals surface area contributed by atoms with Gasteiger partial charge in [-0.25, -0.2) is 0 Å². The van der Waals surface area contributed by atoms with Crippen LogP contribution in [0, 0.1) is 0 Å². The number of hydrogen-bond donors (Lipinski definition) is 0. The molecule has 0 N–H and O–H groups in total. The summed E-state index contributed by atoms with van der Waals surface area (Å²) >= 11 is 5.47. The average Bonchev–Trinajstić information content (AvgIpc) is 2.53. The van der Waals surface area contributed by atoms with E-state index in [0.717, 1.165) is 0 Å². The van der Waals surface area contributed by atoms with Gasteiger partial charge in [0.25, 0.3) is 5.24 Å². The van der Waals surface area contributed by atoms with Crippen molar-refractivity contribution >= 4 is 16.8 Å². The van der Waals surface area contributed by atoms with Crippen LogP contribution in [0.2, 0.25) is 0 Å². The molecule has 0 heterocycles. The zero-order valence-corrected chi connectivity index (χ0v) is 14.0. The first kappa shape index (κ1) is 18.2. The molecular formula is C18H17ClF2O3. The first-order chi connectivity index (χ1) is 11.3. The molecule has 0 atom stereocenters. The molecule has 0 saturated heterocycles. The van der Waals surface area contributed by atoms with Crippen molar-refractivity contribution in [1.82, 2.24) is 0 Å². The molecule has 0 unspecified atom stereocenters. The van der Waals surface area contributed by atoms with Crippen molar-refractivity contribution in [2.24, 2.45) is 0 Å². The molecule has 0 spiro atoms. The van der Waals surface area contributed by atoms with Crippen molar-refractivity contribution in [2.75, 3.05) is 6.61 Å². The van der Waals surface area contributed by atoms with E-state index < -0.39 is 17.8 Å². The second kappa shape index (κ2) is 7.62. The molecule has 0 fully saturated rings. The molecule has 0 aliphatic rings. The first-order valence-electron chi connectivity index (χ1n) is 7.35. The Hall–Kier alpha value is -2.14. The average molecular weight is 355 g/mol. The maximum Gasteiger partial charge on any atom is 0.306 e. The monoisotopic (exact) mass is 354 g/mol. The fraction of sp³-hybridized carbons (Fsp3) is 0.278. The number of carbonyl (C=O) groups excluding carboxylic acids is 1. The molecule has 0 amide bonds. The van der Waals surface area contributed by atoms with Crippen molar-refractivity contribution in [1.29, 1.82) is 0 Å². The van der Waals surface area contributed by atoms with Crippen LogP contribution < -0.4 is 9.47 Å². The Kier molecular flexibility index (Phi) is 5.78. The van der Waals surface area contributed by atoms with Crippen LogP contribution in [-0.2, 0) is 5.92 Å². The van der Waals surface area contributed by atoms with E-state index in [0.29, 0.717) is 5.75 Å². The topological polar surface area (TPSA) is 35.5 Å². The quantitative estimate of drug-likeness (QED) is 0.655. The Labute approximate surface area is 144 Å². The fourth-order valence-corrected chi connectivity index (χ4v) is 2.16. The highest BCUT2D eigenvalue weighted by molar-refractivity contribution is 6.67. The Bertz CT molecular complexity index is 703. The second-order valence-corrected chi connectivity index (χ2v) is 5.84. The van der Waals surface area contributed by atoms with Gasteiger partial charge in [0.05, 0.1) is 6.10 Å². The van der Waals surface area contributed by atoms with Gasteiger partial charge in [-0.2, -0.15) is 8.78 Å². The normalized spacial score (nSPS) is 11.4. The molecule has 3 nitrogen and oxygen atoms in total. The lowest BCUT2D eigenvalue weighted by molar-refractivity contribution is -0.0467. The van der Waals surface area contributed by atoms with E-state index in [1.165, 1.54) is 42.5 Å². The minimum atomic E-state index is -3.17. The van der Waals surface area contributed by atoms with Gasteiger partial charge < -0.3 is 9.47 Å². The van der Waals surface area contributed by atoms with Gasteiger partial charge in [0.1, 0.15) is 11.5 Å². The molecule has 2 aromatic rings. The summed E-state index contributed by atoms with van der Waals surface area (Å²) in [5, 5.41) is -0.719. The van der Waals surface area contributed by atoms with Crippen molar-refractivity contribution in [2.45, 2.75) is 25.9 Å². The van der Waals surface area contributed by atoms with E-state index in [1.54, 1.807) is 19.9 Å². The highest BCUT2D eigenvalue weighted by atomic mass is 35.5. The van der Waals surface area contributed by atoms with Crippen molar-refractivity contribution in [3.8, 4) is 11.5 Å². The third-order valence-electron chi connectivity index (χ3n) is 3.10. The summed E-state index contributed by atoms with van der Waals surface area (Å²) in [5.74, 6) is -2.75. The molecule has 2 rings (SSSR count). The summed E-state index contributed by atoms with van der Waals surface area (Å²) in [7, 11) is 0. The van der Waals surface area contributed by atoms with Crippen LogP contribution in [-0.4, -0.2) is 18.0 Å². The summed E-state index contributed by atoms with van der Waals surface area (Å²) in [5.41, 5.74) is -0.0268. The van der Waals surface area contributed by atoms with Crippen LogP contribution in [0.4, 0.5) is 8.78 Å². The number of ether oxygens (including phenoxy) is 2. The third kappa shape index (κ3) is 4.93. The van der Waals surface area contributed by atoms with Gasteiger partial charge in [0, 0.05) is 17.2 Å². The van der Waals surface area contributed by atoms with Crippen LogP contribution >= 0.6 is 11.6 Å². The van der Waals surface area contributed by atoms with Crippen molar-refractivity contribution in [3.05, 3.63) is 59.7 Å². The molecule has 0 aliphatic heterocycles. The fourth-order valence-electron chi connectivity index (χ4n) is 2.05. The Morgan fingerprint density at radius 2 is 1.75 bits per heavy atom. The summed E-state index contributed by atoms with van der Waals surface area (Å²) in [6.45, 7) is 2.75. The Morgan fingerprint density at radius 1 is 1.12 bits per heavy atom. The number of carbonyl (C=O) groups is 1. The van der Waals surface area contributed by atoms with Gasteiger partial charge in [-0.3, -0.25) is 4.79 Å². The smallest absolute Gasteiger partial charge is 0.306 e. The maximum absolute atomic E-state index is 14.2. The molecule has 24 heavy (non-hydrogen) atoms. The predicted octanol–water partition coefficient (Wildman–Crippen LogP) is 5.02. The summed E-state index contributed by atoms with van der Waals surface area (Å²) in [6, 6.07) is 11.6. The highest BCUT2D eigenvalue weighted by Crippen LogP contribution is 2.30. The number of benzene rings is 2. The molecular weight excluding hydrogens is 338 g/mol. The third-order valence-corrected chi connectivity index (χ3v) is 3.31. The van der Waals surface area contributed by atoms with E-state index in [2.05, 4.69) is 0 Å². The lowest BCUT2D eigenvalue weighted by Gasteiger charge is -2.18. The minimum Gasteiger partial charge on any atom is -0.491 e. The number of alkyl halides is 2.